The molecule has 105 valence electrons. The first kappa shape index (κ1) is 21.8. The van der Waals surface area contributed by atoms with Gasteiger partial charge in [-0.3, -0.25) is 4.79 Å². The zero-order chi connectivity index (χ0) is 13.8. The third kappa shape index (κ3) is 14.7. The summed E-state index contributed by atoms with van der Waals surface area (Å²) in [5, 5.41) is 0. The van der Waals surface area contributed by atoms with Gasteiger partial charge < -0.3 is 10.5 Å². The van der Waals surface area contributed by atoms with Crippen molar-refractivity contribution in [2.45, 2.75) is 64.3 Å². The normalized spacial score (nSPS) is 11.3. The maximum Gasteiger partial charge on any atom is 0.330 e. The molecule has 0 aromatic carbocycles. The first-order valence-corrected chi connectivity index (χ1v) is 6.69. The van der Waals surface area contributed by atoms with Gasteiger partial charge in [-0.2, -0.15) is 0 Å². The molecule has 0 saturated heterocycles. The molecule has 0 bridgehead atoms. The number of carbonyl (C=O) groups is 2. The molecule has 0 spiro atoms. The second-order valence-corrected chi connectivity index (χ2v) is 4.53. The Morgan fingerprint density at radius 1 is 1.16 bits per heavy atom. The maximum absolute atomic E-state index is 11.2. The van der Waals surface area contributed by atoms with Crippen LogP contribution in [0.15, 0.2) is 12.7 Å². The molecule has 0 aromatic rings. The Kier molecular flexibility index (Phi) is 17.0. The van der Waals surface area contributed by atoms with Crippen molar-refractivity contribution in [1.82, 2.24) is 0 Å². The minimum Gasteiger partial charge on any atom is -0.392 e. The molecule has 0 fully saturated rings. The van der Waals surface area contributed by atoms with Crippen molar-refractivity contribution in [2.24, 2.45) is 5.73 Å². The van der Waals surface area contributed by atoms with Gasteiger partial charge in [-0.1, -0.05) is 31.8 Å². The van der Waals surface area contributed by atoms with Crippen LogP contribution in [0.4, 0.5) is 0 Å². The van der Waals surface area contributed by atoms with E-state index < -0.39 is 18.0 Å². The summed E-state index contributed by atoms with van der Waals surface area (Å²) in [6.07, 6.45) is 9.77. The van der Waals surface area contributed by atoms with E-state index in [1.807, 2.05) is 6.08 Å². The summed E-state index contributed by atoms with van der Waals surface area (Å²) in [5.74, 6) is -1.12. The van der Waals surface area contributed by atoms with Crippen LogP contribution in [0.5, 0.6) is 0 Å². The molecule has 0 unspecified atom stereocenters. The Hall–Kier alpha value is 0.476. The van der Waals surface area contributed by atoms with Crippen LogP contribution in [0.25, 0.3) is 0 Å². The summed E-state index contributed by atoms with van der Waals surface area (Å²) in [5.41, 5.74) is 5.28. The third-order valence-electron chi connectivity index (χ3n) is 2.63. The van der Waals surface area contributed by atoms with Gasteiger partial charge in [0.05, 0.1) is 0 Å². The van der Waals surface area contributed by atoms with Gasteiger partial charge in [0.25, 0.3) is 0 Å². The monoisotopic (exact) mass is 294 g/mol. The fourth-order valence-corrected chi connectivity index (χ4v) is 1.52. The largest absolute Gasteiger partial charge is 0.392 e. The van der Waals surface area contributed by atoms with E-state index in [0.717, 1.165) is 25.7 Å². The van der Waals surface area contributed by atoms with Gasteiger partial charge in [-0.25, -0.2) is 4.79 Å². The van der Waals surface area contributed by atoms with Crippen molar-refractivity contribution in [3.8, 4) is 0 Å². The molecule has 1 atom stereocenters. The number of allylic oxidation sites excluding steroid dienone is 1. The summed E-state index contributed by atoms with van der Waals surface area (Å²) >= 11 is 0. The summed E-state index contributed by atoms with van der Waals surface area (Å²) in [7, 11) is 0. The van der Waals surface area contributed by atoms with Crippen molar-refractivity contribution < 1.29 is 14.3 Å². The number of rotatable bonds is 10. The Morgan fingerprint density at radius 2 is 1.68 bits per heavy atom. The van der Waals surface area contributed by atoms with Crippen LogP contribution in [0.2, 0.25) is 0 Å². The molecule has 0 aliphatic rings. The van der Waals surface area contributed by atoms with E-state index in [0.29, 0.717) is 6.42 Å². The molecule has 0 aliphatic carbocycles. The first-order valence-electron chi connectivity index (χ1n) is 6.69. The average Bonchev–Trinajstić information content (AvgIpc) is 2.32. The second-order valence-electron chi connectivity index (χ2n) is 4.53. The molecule has 1 radical (unpaired) electrons. The maximum atomic E-state index is 11.2. The zero-order valence-corrected chi connectivity index (χ0v) is 15.4. The van der Waals surface area contributed by atoms with Gasteiger partial charge in [0.15, 0.2) is 0 Å². The molecule has 19 heavy (non-hydrogen) atoms. The molecule has 0 heterocycles. The Morgan fingerprint density at radius 3 is 2.21 bits per heavy atom. The van der Waals surface area contributed by atoms with Crippen LogP contribution < -0.4 is 5.73 Å². The number of hydrogen-bond acceptors (Lipinski definition) is 4. The van der Waals surface area contributed by atoms with Crippen molar-refractivity contribution in [1.29, 1.82) is 0 Å². The van der Waals surface area contributed by atoms with E-state index in [-0.39, 0.29) is 51.4 Å². The number of ether oxygens (including phenoxy) is 1. The summed E-state index contributed by atoms with van der Waals surface area (Å²) in [6.45, 7) is 5.17. The predicted molar refractivity (Wildman–Crippen MR) is 77.6 cm³/mol. The van der Waals surface area contributed by atoms with Gasteiger partial charge in [0, 0.05) is 57.8 Å². The minimum atomic E-state index is -0.737. The standard InChI is InChI=1S/C14H25NO3.K/c1-3-4-5-6-7-8-9-10-11-13(16)18-14(17)12(2)15;/h3,12H,1,4-11,15H2,2H3;/t12-;/m0./s1. The molecule has 0 aliphatic heterocycles. The van der Waals surface area contributed by atoms with E-state index >= 15 is 0 Å². The van der Waals surface area contributed by atoms with Crippen molar-refractivity contribution in [2.75, 3.05) is 0 Å². The van der Waals surface area contributed by atoms with Crippen molar-refractivity contribution in [3.05, 3.63) is 12.7 Å². The topological polar surface area (TPSA) is 69.4 Å². The number of carbonyl (C=O) groups excluding carboxylic acids is 2. The molecule has 0 rings (SSSR count). The van der Waals surface area contributed by atoms with E-state index in [9.17, 15) is 9.59 Å². The van der Waals surface area contributed by atoms with Crippen LogP contribution >= 0.6 is 0 Å². The number of unbranched alkanes of at least 4 members (excludes halogenated alkanes) is 6. The van der Waals surface area contributed by atoms with Crippen molar-refractivity contribution >= 4 is 63.3 Å². The molecule has 4 nitrogen and oxygen atoms in total. The zero-order valence-electron chi connectivity index (χ0n) is 12.3. The third-order valence-corrected chi connectivity index (χ3v) is 2.63. The second kappa shape index (κ2) is 14.9. The van der Waals surface area contributed by atoms with E-state index in [2.05, 4.69) is 11.3 Å². The Balaban J connectivity index is 0. The number of nitrogens with two attached hydrogens (primary N) is 1. The molecular formula is C14H25KNO3. The molecule has 2 N–H and O–H groups in total. The summed E-state index contributed by atoms with van der Waals surface area (Å²) in [4.78, 5) is 22.2. The molecule has 0 saturated carbocycles. The van der Waals surface area contributed by atoms with Crippen LogP contribution in [-0.2, 0) is 14.3 Å². The summed E-state index contributed by atoms with van der Waals surface area (Å²) in [6, 6.07) is -0.737. The fourth-order valence-electron chi connectivity index (χ4n) is 1.52. The van der Waals surface area contributed by atoms with E-state index in [1.165, 1.54) is 26.2 Å². The molecule has 0 amide bonds. The van der Waals surface area contributed by atoms with Crippen LogP contribution in [0.1, 0.15) is 58.3 Å². The van der Waals surface area contributed by atoms with Crippen LogP contribution in [0, 0.1) is 0 Å². The Bertz CT molecular complexity index is 267. The van der Waals surface area contributed by atoms with Gasteiger partial charge >= 0.3 is 11.9 Å². The smallest absolute Gasteiger partial charge is 0.330 e. The number of esters is 2. The van der Waals surface area contributed by atoms with Gasteiger partial charge in [0.2, 0.25) is 0 Å². The number of hydrogen-bond donors (Lipinski definition) is 1. The van der Waals surface area contributed by atoms with E-state index in [1.54, 1.807) is 0 Å². The summed E-state index contributed by atoms with van der Waals surface area (Å²) < 4.78 is 4.56. The quantitative estimate of drug-likeness (QED) is 0.221. The molecule has 5 heteroatoms. The SMILES string of the molecule is C=CCCCCCCCCC(=O)OC(=O)[C@H](C)N.[K]. The van der Waals surface area contributed by atoms with Crippen LogP contribution in [-0.4, -0.2) is 69.4 Å². The minimum absolute atomic E-state index is 0. The van der Waals surface area contributed by atoms with Gasteiger partial charge in [0.1, 0.15) is 6.04 Å². The van der Waals surface area contributed by atoms with Gasteiger partial charge in [-0.15, -0.1) is 6.58 Å². The Labute approximate surface area is 158 Å². The molecular weight excluding hydrogens is 269 g/mol. The average molecular weight is 294 g/mol. The predicted octanol–water partition coefficient (Wildman–Crippen LogP) is 2.33. The van der Waals surface area contributed by atoms with Crippen LogP contribution in [0.3, 0.4) is 0 Å². The first-order chi connectivity index (χ1) is 8.57. The van der Waals surface area contributed by atoms with E-state index in [4.69, 9.17) is 5.73 Å². The molecule has 0 aromatic heterocycles. The van der Waals surface area contributed by atoms with Gasteiger partial charge in [-0.05, 0) is 26.2 Å². The fraction of sp³-hybridized carbons (Fsp3) is 0.714. The van der Waals surface area contributed by atoms with Crippen molar-refractivity contribution in [3.63, 3.8) is 0 Å².